The van der Waals surface area contributed by atoms with Crippen LogP contribution in [0.4, 0.5) is 0 Å². The highest BCUT2D eigenvalue weighted by Gasteiger charge is 2.25. The van der Waals surface area contributed by atoms with Crippen LogP contribution in [-0.4, -0.2) is 14.1 Å². The van der Waals surface area contributed by atoms with Gasteiger partial charge >= 0.3 is 0 Å². The van der Waals surface area contributed by atoms with E-state index in [4.69, 9.17) is 4.98 Å². The van der Waals surface area contributed by atoms with E-state index in [9.17, 15) is 5.26 Å². The summed E-state index contributed by atoms with van der Waals surface area (Å²) in [5, 5.41) is 13.3. The van der Waals surface area contributed by atoms with Crippen LogP contribution in [0, 0.1) is 23.5 Å². The smallest absolute Gasteiger partial charge is 0.138 e. The predicted molar refractivity (Wildman–Crippen MR) is 262 cm³/mol. The van der Waals surface area contributed by atoms with Crippen LogP contribution >= 0.6 is 0 Å². The Morgan fingerprint density at radius 1 is 0.469 bits per heavy atom. The maximum Gasteiger partial charge on any atom is 0.138 e. The van der Waals surface area contributed by atoms with Gasteiger partial charge in [0.1, 0.15) is 17.5 Å². The van der Waals surface area contributed by atoms with Crippen molar-refractivity contribution in [2.45, 2.75) is 12.8 Å². The summed E-state index contributed by atoms with van der Waals surface area (Å²) < 4.78 is 4.71. The molecule has 4 nitrogen and oxygen atoms in total. The lowest BCUT2D eigenvalue weighted by Gasteiger charge is -2.20. The van der Waals surface area contributed by atoms with Gasteiger partial charge in [0.05, 0.1) is 28.4 Å². The Labute approximate surface area is 371 Å². The molecule has 0 spiro atoms. The summed E-state index contributed by atoms with van der Waals surface area (Å²) in [6.07, 6.45) is 6.20. The molecule has 1 aliphatic carbocycles. The van der Waals surface area contributed by atoms with Crippen molar-refractivity contribution in [1.29, 1.82) is 5.26 Å². The lowest BCUT2D eigenvalue weighted by atomic mass is 9.91. The van der Waals surface area contributed by atoms with Crippen LogP contribution in [0.25, 0.3) is 100 Å². The summed E-state index contributed by atoms with van der Waals surface area (Å²) in [4.78, 5) is 5.39. The number of benzene rings is 7. The molecule has 0 radical (unpaired) electrons. The zero-order valence-electron chi connectivity index (χ0n) is 34.8. The first-order chi connectivity index (χ1) is 31.7. The molecule has 0 fully saturated rings. The van der Waals surface area contributed by atoms with Crippen molar-refractivity contribution in [3.8, 4) is 62.1 Å². The molecule has 8 aromatic carbocycles. The highest BCUT2D eigenvalue weighted by atomic mass is 15.1. The molecule has 11 aromatic rings. The van der Waals surface area contributed by atoms with Gasteiger partial charge in [-0.1, -0.05) is 152 Å². The van der Waals surface area contributed by atoms with E-state index in [-0.39, 0.29) is 0 Å². The van der Waals surface area contributed by atoms with Crippen LogP contribution in [0.1, 0.15) is 28.8 Å². The Bertz CT molecular complexity index is 3530. The molecule has 0 saturated carbocycles. The maximum absolute atomic E-state index is 9.79. The van der Waals surface area contributed by atoms with Crippen molar-refractivity contribution >= 4 is 44.4 Å². The van der Waals surface area contributed by atoms with Crippen molar-refractivity contribution < 1.29 is 0 Å². The van der Waals surface area contributed by atoms with E-state index in [0.29, 0.717) is 5.56 Å². The fourth-order valence-electron chi connectivity index (χ4n) is 9.69. The first-order valence-electron chi connectivity index (χ1n) is 21.7. The van der Waals surface area contributed by atoms with E-state index < -0.39 is 0 Å². The SMILES string of the molecule is N#Cc1c#cc(-c2cc(-n3c4ccc(-c5ccccc5)cc4c4cc(-c5ccccc5)ccc43)ncc2-n2c3c(c4cc(-c5ccccc5)ccc42)C=C(c2ccccc2)CC3)cc1. The average Bonchev–Trinajstić information content (AvgIpc) is 3.88. The van der Waals surface area contributed by atoms with Crippen molar-refractivity contribution in [2.75, 3.05) is 0 Å². The number of aromatic nitrogens is 3. The van der Waals surface area contributed by atoms with Gasteiger partial charge in [0, 0.05) is 38.5 Å². The second kappa shape index (κ2) is 15.3. The summed E-state index contributed by atoms with van der Waals surface area (Å²) in [6.45, 7) is 0. The van der Waals surface area contributed by atoms with Gasteiger partial charge in [-0.15, -0.1) is 0 Å². The van der Waals surface area contributed by atoms with Gasteiger partial charge in [-0.25, -0.2) is 4.98 Å². The lowest BCUT2D eigenvalue weighted by Crippen LogP contribution is -2.08. The molecule has 3 aromatic heterocycles. The zero-order valence-corrected chi connectivity index (χ0v) is 34.8. The maximum atomic E-state index is 9.79. The predicted octanol–water partition coefficient (Wildman–Crippen LogP) is 14.7. The Morgan fingerprint density at radius 2 is 0.984 bits per heavy atom. The van der Waals surface area contributed by atoms with Gasteiger partial charge in [-0.05, 0) is 118 Å². The summed E-state index contributed by atoms with van der Waals surface area (Å²) >= 11 is 0. The molecular weight excluding hydrogens is 777 g/mol. The number of fused-ring (bicyclic) bond motifs is 6. The molecule has 0 amide bonds. The molecule has 3 heterocycles. The third kappa shape index (κ3) is 6.29. The zero-order chi connectivity index (χ0) is 42.6. The van der Waals surface area contributed by atoms with Crippen molar-refractivity contribution in [3.63, 3.8) is 0 Å². The Morgan fingerprint density at radius 3 is 1.50 bits per heavy atom. The molecule has 0 atom stereocenters. The van der Waals surface area contributed by atoms with E-state index in [1.807, 2.05) is 18.3 Å². The van der Waals surface area contributed by atoms with Gasteiger partial charge in [-0.2, -0.15) is 5.26 Å². The average molecular weight is 815 g/mol. The van der Waals surface area contributed by atoms with Crippen LogP contribution in [0.3, 0.4) is 0 Å². The van der Waals surface area contributed by atoms with E-state index in [0.717, 1.165) is 73.9 Å². The quantitative estimate of drug-likeness (QED) is 0.161. The fourth-order valence-corrected chi connectivity index (χ4v) is 9.69. The number of nitrogens with zero attached hydrogens (tertiary/aromatic N) is 4. The second-order valence-electron chi connectivity index (χ2n) is 16.4. The second-order valence-corrected chi connectivity index (χ2v) is 16.4. The van der Waals surface area contributed by atoms with E-state index in [1.54, 1.807) is 0 Å². The number of rotatable bonds is 7. The number of nitriles is 1. The molecular formula is C60H38N4. The molecule has 1 aliphatic rings. The topological polar surface area (TPSA) is 46.5 Å². The molecule has 4 heteroatoms. The van der Waals surface area contributed by atoms with Crippen LogP contribution < -0.4 is 0 Å². The van der Waals surface area contributed by atoms with Gasteiger partial charge < -0.3 is 4.57 Å². The Balaban J connectivity index is 1.11. The Kier molecular flexibility index (Phi) is 8.89. The van der Waals surface area contributed by atoms with Crippen molar-refractivity contribution in [1.82, 2.24) is 14.1 Å². The third-order valence-electron chi connectivity index (χ3n) is 12.8. The summed E-state index contributed by atoms with van der Waals surface area (Å²) in [7, 11) is 0. The number of allylic oxidation sites excluding steroid dienone is 1. The van der Waals surface area contributed by atoms with Gasteiger partial charge in [0.15, 0.2) is 0 Å². The number of hydrogen-bond acceptors (Lipinski definition) is 2. The van der Waals surface area contributed by atoms with Crippen LogP contribution in [0.15, 0.2) is 200 Å². The van der Waals surface area contributed by atoms with Crippen molar-refractivity contribution in [3.05, 3.63) is 235 Å². The fraction of sp³-hybridized carbons (Fsp3) is 0.0333. The molecule has 0 saturated heterocycles. The summed E-state index contributed by atoms with van der Waals surface area (Å²) in [5.74, 6) is 0.791. The minimum Gasteiger partial charge on any atom is -0.311 e. The summed E-state index contributed by atoms with van der Waals surface area (Å²) in [6, 6.07) is 77.6. The first-order valence-corrected chi connectivity index (χ1v) is 21.7. The number of pyridine rings is 1. The molecule has 0 bridgehead atoms. The highest BCUT2D eigenvalue weighted by molar-refractivity contribution is 6.12. The van der Waals surface area contributed by atoms with Crippen LogP contribution in [0.5, 0.6) is 0 Å². The minimum atomic E-state index is 0.446. The van der Waals surface area contributed by atoms with E-state index in [2.05, 4.69) is 215 Å². The molecule has 0 aliphatic heterocycles. The highest BCUT2D eigenvalue weighted by Crippen LogP contribution is 2.43. The standard InChI is InChI=1S/C60H38N4/c61-38-40-21-23-45(24-22-40)50-37-60(64-57-31-27-48(43-17-9-3-10-18-43)35-53(57)54-36-49(28-32-58(54)64)44-19-11-4-12-20-44)62-39-59(50)63-55-29-25-46(41-13-5-1-6-14-41)33-51(55)52-34-47(26-30-56(52)63)42-15-7-2-8-16-42/h1-21,23,25,27-29,31-37,39H,26,30H2. The largest absolute Gasteiger partial charge is 0.311 e. The molecule has 298 valence electrons. The lowest BCUT2D eigenvalue weighted by molar-refractivity contribution is 0.893. The monoisotopic (exact) mass is 814 g/mol. The summed E-state index contributed by atoms with van der Waals surface area (Å²) in [5.41, 5.74) is 18.5. The van der Waals surface area contributed by atoms with Gasteiger partial charge in [0.2, 0.25) is 0 Å². The first kappa shape index (κ1) is 37.1. The normalized spacial score (nSPS) is 12.2. The van der Waals surface area contributed by atoms with Crippen molar-refractivity contribution in [2.24, 2.45) is 0 Å². The van der Waals surface area contributed by atoms with Gasteiger partial charge in [-0.3, -0.25) is 4.57 Å². The molecule has 12 rings (SSSR count). The number of hydrogen-bond donors (Lipinski definition) is 0. The van der Waals surface area contributed by atoms with Crippen LogP contribution in [0.2, 0.25) is 0 Å². The van der Waals surface area contributed by atoms with Gasteiger partial charge in [0.25, 0.3) is 0 Å². The van der Waals surface area contributed by atoms with Crippen LogP contribution in [-0.2, 0) is 6.42 Å². The van der Waals surface area contributed by atoms with E-state index in [1.165, 1.54) is 50.0 Å². The van der Waals surface area contributed by atoms with E-state index >= 15 is 0 Å². The molecule has 0 unspecified atom stereocenters. The Hall–Kier alpha value is -8.70. The molecule has 0 N–H and O–H groups in total. The molecule has 64 heavy (non-hydrogen) atoms. The minimum absolute atomic E-state index is 0.446. The third-order valence-corrected chi connectivity index (χ3v) is 12.8.